The average Bonchev–Trinajstić information content (AvgIpc) is 3.23. The van der Waals surface area contributed by atoms with E-state index in [1.54, 1.807) is 11.5 Å². The number of carbonyl (C=O) groups excluding carboxylic acids is 1. The van der Waals surface area contributed by atoms with E-state index < -0.39 is 12.0 Å². The molecule has 1 fully saturated rings. The number of allylic oxidation sites excluding steroid dienone is 1. The summed E-state index contributed by atoms with van der Waals surface area (Å²) in [7, 11) is 0. The van der Waals surface area contributed by atoms with Crippen LogP contribution in [0.1, 0.15) is 64.1 Å². The van der Waals surface area contributed by atoms with Crippen molar-refractivity contribution in [2.75, 3.05) is 24.6 Å². The van der Waals surface area contributed by atoms with Gasteiger partial charge in [-0.15, -0.1) is 0 Å². The third-order valence-electron chi connectivity index (χ3n) is 7.00. The number of nitrogens with zero attached hydrogens (tertiary/aromatic N) is 3. The minimum absolute atomic E-state index is 0.180. The molecule has 0 amide bonds. The van der Waals surface area contributed by atoms with E-state index >= 15 is 0 Å². The van der Waals surface area contributed by atoms with Crippen LogP contribution in [0, 0.1) is 0 Å². The van der Waals surface area contributed by atoms with Crippen LogP contribution < -0.4 is 24.5 Å². The SMILES string of the molecule is CCOc1ccc([C@H]2C(C(=O)OC(C)C)=C(C)N=c3s/c(=C\c4ccc(N5CCCCC5)cc4)c(=O)n32)cc1. The Kier molecular flexibility index (Phi) is 8.02. The first-order chi connectivity index (χ1) is 18.9. The van der Waals surface area contributed by atoms with Crippen LogP contribution in [-0.2, 0) is 9.53 Å². The Hall–Kier alpha value is -3.65. The maximum absolute atomic E-state index is 13.9. The highest BCUT2D eigenvalue weighted by Gasteiger charge is 2.33. The summed E-state index contributed by atoms with van der Waals surface area (Å²) >= 11 is 1.34. The van der Waals surface area contributed by atoms with Gasteiger partial charge in [0.25, 0.3) is 5.56 Å². The van der Waals surface area contributed by atoms with Crippen LogP contribution in [-0.4, -0.2) is 36.3 Å². The Morgan fingerprint density at radius 2 is 1.77 bits per heavy atom. The van der Waals surface area contributed by atoms with Gasteiger partial charge in [0.15, 0.2) is 4.80 Å². The second kappa shape index (κ2) is 11.6. The highest BCUT2D eigenvalue weighted by Crippen LogP contribution is 2.32. The van der Waals surface area contributed by atoms with Crippen LogP contribution in [0.25, 0.3) is 6.08 Å². The summed E-state index contributed by atoms with van der Waals surface area (Å²) < 4.78 is 13.4. The monoisotopic (exact) mass is 545 g/mol. The number of aromatic nitrogens is 1. The largest absolute Gasteiger partial charge is 0.494 e. The van der Waals surface area contributed by atoms with Crippen molar-refractivity contribution in [3.8, 4) is 5.75 Å². The van der Waals surface area contributed by atoms with Crippen molar-refractivity contribution in [2.45, 2.75) is 59.1 Å². The van der Waals surface area contributed by atoms with Crippen LogP contribution in [0.3, 0.4) is 0 Å². The zero-order chi connectivity index (χ0) is 27.5. The highest BCUT2D eigenvalue weighted by molar-refractivity contribution is 7.07. The molecule has 1 aromatic heterocycles. The molecule has 1 atom stereocenters. The van der Waals surface area contributed by atoms with Crippen LogP contribution in [0.2, 0.25) is 0 Å². The van der Waals surface area contributed by atoms with Gasteiger partial charge >= 0.3 is 5.97 Å². The summed E-state index contributed by atoms with van der Waals surface area (Å²) in [6, 6.07) is 15.2. The van der Waals surface area contributed by atoms with Gasteiger partial charge in [-0.05, 0) is 88.4 Å². The number of ether oxygens (including phenoxy) is 2. The Balaban J connectivity index is 1.57. The average molecular weight is 546 g/mol. The van der Waals surface area contributed by atoms with Crippen LogP contribution >= 0.6 is 11.3 Å². The molecular weight excluding hydrogens is 510 g/mol. The number of hydrogen-bond acceptors (Lipinski definition) is 7. The lowest BCUT2D eigenvalue weighted by Crippen LogP contribution is -2.40. The highest BCUT2D eigenvalue weighted by atomic mass is 32.1. The lowest BCUT2D eigenvalue weighted by atomic mass is 9.96. The number of piperidine rings is 1. The molecule has 0 saturated carbocycles. The third-order valence-corrected chi connectivity index (χ3v) is 7.99. The molecule has 1 saturated heterocycles. The van der Waals surface area contributed by atoms with Gasteiger partial charge in [-0.2, -0.15) is 0 Å². The van der Waals surface area contributed by atoms with E-state index in [9.17, 15) is 9.59 Å². The topological polar surface area (TPSA) is 73.1 Å². The third kappa shape index (κ3) is 5.71. The molecule has 0 N–H and O–H groups in total. The van der Waals surface area contributed by atoms with E-state index in [1.165, 1.54) is 36.3 Å². The summed E-state index contributed by atoms with van der Waals surface area (Å²) in [4.78, 5) is 34.8. The van der Waals surface area contributed by atoms with E-state index in [2.05, 4.69) is 34.2 Å². The number of benzene rings is 2. The van der Waals surface area contributed by atoms with E-state index in [1.807, 2.05) is 51.1 Å². The fraction of sp³-hybridized carbons (Fsp3) is 0.387. The van der Waals surface area contributed by atoms with Crippen molar-refractivity contribution in [2.24, 2.45) is 4.99 Å². The number of hydrogen-bond donors (Lipinski definition) is 0. The van der Waals surface area contributed by atoms with E-state index in [0.717, 1.165) is 30.0 Å². The molecule has 204 valence electrons. The molecular formula is C31H35N3O4S. The molecule has 0 unspecified atom stereocenters. The summed E-state index contributed by atoms with van der Waals surface area (Å²) in [5.41, 5.74) is 3.71. The van der Waals surface area contributed by atoms with Crippen molar-refractivity contribution < 1.29 is 14.3 Å². The number of carbonyl (C=O) groups is 1. The Labute approximate surface area is 232 Å². The van der Waals surface area contributed by atoms with Gasteiger partial charge in [-0.25, -0.2) is 9.79 Å². The van der Waals surface area contributed by atoms with E-state index in [0.29, 0.717) is 27.2 Å². The molecule has 39 heavy (non-hydrogen) atoms. The Morgan fingerprint density at radius 3 is 2.41 bits per heavy atom. The number of esters is 1. The van der Waals surface area contributed by atoms with Crippen LogP contribution in [0.4, 0.5) is 5.69 Å². The van der Waals surface area contributed by atoms with Crippen molar-refractivity contribution in [1.29, 1.82) is 0 Å². The molecule has 7 nitrogen and oxygen atoms in total. The standard InChI is InChI=1S/C31H35N3O4S/c1-5-37-25-15-11-23(12-16-25)28-27(30(36)38-20(2)3)21(4)32-31-34(28)29(35)26(39-31)19-22-9-13-24(14-10-22)33-17-7-6-8-18-33/h9-16,19-20,28H,5-8,17-18H2,1-4H3/b26-19-/t28-/m0/s1. The summed E-state index contributed by atoms with van der Waals surface area (Å²) in [5, 5.41) is 0. The van der Waals surface area contributed by atoms with Crippen LogP contribution in [0.15, 0.2) is 69.6 Å². The van der Waals surface area contributed by atoms with Gasteiger partial charge in [0.1, 0.15) is 5.75 Å². The van der Waals surface area contributed by atoms with E-state index in [-0.39, 0.29) is 11.7 Å². The first-order valence-corrected chi connectivity index (χ1v) is 14.5. The van der Waals surface area contributed by atoms with Crippen LogP contribution in [0.5, 0.6) is 5.75 Å². The molecule has 3 aromatic rings. The molecule has 2 aromatic carbocycles. The maximum Gasteiger partial charge on any atom is 0.338 e. The molecule has 0 spiro atoms. The predicted octanol–water partition coefficient (Wildman–Crippen LogP) is 4.58. The van der Waals surface area contributed by atoms with Crippen molar-refractivity contribution >= 4 is 29.1 Å². The number of thiazole rings is 1. The second-order valence-electron chi connectivity index (χ2n) is 10.2. The molecule has 2 aliphatic heterocycles. The first kappa shape index (κ1) is 26.9. The van der Waals surface area contributed by atoms with Gasteiger partial charge in [0.2, 0.25) is 0 Å². The van der Waals surface area contributed by atoms with Gasteiger partial charge in [0, 0.05) is 18.8 Å². The molecule has 3 heterocycles. The van der Waals surface area contributed by atoms with Gasteiger partial charge < -0.3 is 14.4 Å². The van der Waals surface area contributed by atoms with Gasteiger partial charge in [-0.3, -0.25) is 9.36 Å². The lowest BCUT2D eigenvalue weighted by molar-refractivity contribution is -0.143. The molecule has 5 rings (SSSR count). The molecule has 2 aliphatic rings. The smallest absolute Gasteiger partial charge is 0.338 e. The normalized spacial score (nSPS) is 17.7. The first-order valence-electron chi connectivity index (χ1n) is 13.7. The zero-order valence-corrected chi connectivity index (χ0v) is 23.8. The summed E-state index contributed by atoms with van der Waals surface area (Å²) in [6.07, 6.45) is 5.36. The Bertz CT molecular complexity index is 1540. The number of anilines is 1. The van der Waals surface area contributed by atoms with Crippen molar-refractivity contribution in [3.05, 3.63) is 90.6 Å². The van der Waals surface area contributed by atoms with Gasteiger partial charge in [-0.1, -0.05) is 35.6 Å². The minimum Gasteiger partial charge on any atom is -0.494 e. The fourth-order valence-electron chi connectivity index (χ4n) is 5.17. The minimum atomic E-state index is -0.646. The summed E-state index contributed by atoms with van der Waals surface area (Å²) in [5.74, 6) is 0.265. The van der Waals surface area contributed by atoms with Crippen molar-refractivity contribution in [3.63, 3.8) is 0 Å². The fourth-order valence-corrected chi connectivity index (χ4v) is 6.22. The predicted molar refractivity (Wildman–Crippen MR) is 155 cm³/mol. The molecule has 0 aliphatic carbocycles. The molecule has 8 heteroatoms. The Morgan fingerprint density at radius 1 is 1.08 bits per heavy atom. The quantitative estimate of drug-likeness (QED) is 0.407. The summed E-state index contributed by atoms with van der Waals surface area (Å²) in [6.45, 7) is 10.1. The number of fused-ring (bicyclic) bond motifs is 1. The molecule has 0 radical (unpaired) electrons. The second-order valence-corrected chi connectivity index (χ2v) is 11.2. The lowest BCUT2D eigenvalue weighted by Gasteiger charge is -2.28. The molecule has 0 bridgehead atoms. The number of rotatable bonds is 7. The van der Waals surface area contributed by atoms with Gasteiger partial charge in [0.05, 0.1) is 34.6 Å². The van der Waals surface area contributed by atoms with Crippen molar-refractivity contribution in [1.82, 2.24) is 4.57 Å². The zero-order valence-electron chi connectivity index (χ0n) is 23.0. The van der Waals surface area contributed by atoms with E-state index in [4.69, 9.17) is 9.47 Å². The maximum atomic E-state index is 13.9.